The minimum Gasteiger partial charge on any atom is -0.338 e. The molecule has 6 rings (SSSR count). The molecule has 4 aromatic rings. The van der Waals surface area contributed by atoms with E-state index in [-0.39, 0.29) is 50.4 Å². The Bertz CT molecular complexity index is 1810. The van der Waals surface area contributed by atoms with Crippen molar-refractivity contribution in [3.63, 3.8) is 0 Å². The highest BCUT2D eigenvalue weighted by atomic mass is 19.4. The van der Waals surface area contributed by atoms with Crippen LogP contribution >= 0.6 is 0 Å². The van der Waals surface area contributed by atoms with Crippen molar-refractivity contribution in [2.75, 3.05) is 18.0 Å². The molecule has 45 heavy (non-hydrogen) atoms. The molecule has 0 spiro atoms. The molecule has 10 nitrogen and oxygen atoms in total. The maximum Gasteiger partial charge on any atom is 0.417 e. The summed E-state index contributed by atoms with van der Waals surface area (Å²) < 4.78 is 83.6. The number of benzene rings is 1. The van der Waals surface area contributed by atoms with E-state index >= 15 is 0 Å². The molecular formula is C29H24F6N8O2. The second-order valence-electron chi connectivity index (χ2n) is 11.1. The van der Waals surface area contributed by atoms with Gasteiger partial charge in [-0.1, -0.05) is 6.07 Å². The lowest BCUT2D eigenvalue weighted by Gasteiger charge is -2.41. The third-order valence-corrected chi connectivity index (χ3v) is 8.27. The Morgan fingerprint density at radius 1 is 1.09 bits per heavy atom. The highest BCUT2D eigenvalue weighted by Crippen LogP contribution is 2.39. The van der Waals surface area contributed by atoms with E-state index in [2.05, 4.69) is 21.3 Å². The number of nitrogens with zero attached hydrogens (tertiary/aromatic N) is 8. The monoisotopic (exact) mass is 630 g/mol. The molecule has 0 bridgehead atoms. The lowest BCUT2D eigenvalue weighted by Crippen LogP contribution is -2.48. The number of halogens is 6. The normalized spacial score (nSPS) is 16.9. The molecule has 2 aliphatic rings. The summed E-state index contributed by atoms with van der Waals surface area (Å²) in [6.45, 7) is -0.114. The molecule has 0 N–H and O–H groups in total. The van der Waals surface area contributed by atoms with E-state index in [1.807, 2.05) is 0 Å². The predicted octanol–water partition coefficient (Wildman–Crippen LogP) is 5.30. The van der Waals surface area contributed by atoms with Gasteiger partial charge < -0.3 is 4.90 Å². The summed E-state index contributed by atoms with van der Waals surface area (Å²) in [6.07, 6.45) is -4.19. The Morgan fingerprint density at radius 3 is 2.44 bits per heavy atom. The van der Waals surface area contributed by atoms with Gasteiger partial charge in [0.15, 0.2) is 5.65 Å². The minimum atomic E-state index is -5.19. The quantitative estimate of drug-likeness (QED) is 0.202. The highest BCUT2D eigenvalue weighted by molar-refractivity contribution is 5.96. The van der Waals surface area contributed by atoms with Crippen molar-refractivity contribution >= 4 is 23.9 Å². The summed E-state index contributed by atoms with van der Waals surface area (Å²) in [7, 11) is 0. The fourth-order valence-corrected chi connectivity index (χ4v) is 5.66. The van der Waals surface area contributed by atoms with Crippen LogP contribution in [0.3, 0.4) is 0 Å². The fraction of sp³-hybridized carbons (Fsp3) is 0.379. The van der Waals surface area contributed by atoms with Crippen LogP contribution in [0, 0.1) is 11.3 Å². The largest absolute Gasteiger partial charge is 0.417 e. The standard InChI is InChI=1S/C29H24F6N8O2/c30-28(31,32)19-4-7-21(22(14-19)29(33,34)35)25(45)40-12-9-27(8-11-36,10-13-40)42-16-18(15-37-42)23-2-1-3-24-38-26(39-43(23)24)41(17-44)20-5-6-20/h1-4,7,14-17,20H,5-6,8-10,12-13H2. The van der Waals surface area contributed by atoms with Crippen molar-refractivity contribution in [1.29, 1.82) is 5.26 Å². The summed E-state index contributed by atoms with van der Waals surface area (Å²) in [5.41, 5.74) is -3.21. The molecule has 1 aliphatic carbocycles. The molecule has 1 aromatic carbocycles. The summed E-state index contributed by atoms with van der Waals surface area (Å²) >= 11 is 0. The van der Waals surface area contributed by atoms with Gasteiger partial charge in [-0.05, 0) is 56.0 Å². The number of piperidine rings is 1. The molecule has 0 unspecified atom stereocenters. The van der Waals surface area contributed by atoms with Gasteiger partial charge in [-0.15, -0.1) is 5.10 Å². The third kappa shape index (κ3) is 5.58. The molecule has 1 aliphatic heterocycles. The van der Waals surface area contributed by atoms with Crippen molar-refractivity contribution in [2.24, 2.45) is 0 Å². The van der Waals surface area contributed by atoms with Crippen LogP contribution in [0.1, 0.15) is 53.6 Å². The molecule has 4 heterocycles. The van der Waals surface area contributed by atoms with Gasteiger partial charge in [-0.2, -0.15) is 41.7 Å². The van der Waals surface area contributed by atoms with Crippen molar-refractivity contribution in [2.45, 2.75) is 56.0 Å². The Hall–Kier alpha value is -4.94. The summed E-state index contributed by atoms with van der Waals surface area (Å²) in [6, 6.07) is 8.46. The number of aromatic nitrogens is 5. The zero-order valence-corrected chi connectivity index (χ0v) is 23.4. The second kappa shape index (κ2) is 10.9. The van der Waals surface area contributed by atoms with Crippen molar-refractivity contribution in [3.05, 3.63) is 65.5 Å². The van der Waals surface area contributed by atoms with Crippen LogP contribution in [-0.2, 0) is 22.7 Å². The Morgan fingerprint density at radius 2 is 1.82 bits per heavy atom. The van der Waals surface area contributed by atoms with Gasteiger partial charge in [-0.3, -0.25) is 19.2 Å². The molecule has 2 fully saturated rings. The first-order valence-electron chi connectivity index (χ1n) is 13.9. The van der Waals surface area contributed by atoms with Crippen LogP contribution in [0.4, 0.5) is 32.3 Å². The van der Waals surface area contributed by atoms with Gasteiger partial charge in [0.05, 0.1) is 46.6 Å². The number of hydrogen-bond acceptors (Lipinski definition) is 6. The maximum absolute atomic E-state index is 13.7. The number of alkyl halides is 6. The second-order valence-corrected chi connectivity index (χ2v) is 11.1. The number of hydrogen-bond donors (Lipinski definition) is 0. The number of carbonyl (C=O) groups excluding carboxylic acids is 2. The van der Waals surface area contributed by atoms with Crippen LogP contribution in [0.5, 0.6) is 0 Å². The van der Waals surface area contributed by atoms with Gasteiger partial charge in [0, 0.05) is 30.9 Å². The molecule has 0 radical (unpaired) electrons. The van der Waals surface area contributed by atoms with Crippen LogP contribution in [0.25, 0.3) is 16.9 Å². The zero-order chi connectivity index (χ0) is 32.1. The van der Waals surface area contributed by atoms with E-state index in [1.165, 1.54) is 4.90 Å². The van der Waals surface area contributed by atoms with Crippen LogP contribution in [-0.4, -0.2) is 60.7 Å². The smallest absolute Gasteiger partial charge is 0.338 e. The van der Waals surface area contributed by atoms with Gasteiger partial charge in [0.25, 0.3) is 11.9 Å². The van der Waals surface area contributed by atoms with Crippen LogP contribution in [0.2, 0.25) is 0 Å². The van der Waals surface area contributed by atoms with Crippen molar-refractivity contribution in [3.8, 4) is 17.3 Å². The molecule has 234 valence electrons. The Kier molecular flexibility index (Phi) is 7.29. The minimum absolute atomic E-state index is 0.0163. The Labute approximate surface area is 251 Å². The van der Waals surface area contributed by atoms with Crippen LogP contribution < -0.4 is 4.90 Å². The van der Waals surface area contributed by atoms with E-state index in [9.17, 15) is 41.2 Å². The van der Waals surface area contributed by atoms with Gasteiger partial charge in [0.1, 0.15) is 0 Å². The number of fused-ring (bicyclic) bond motifs is 1. The van der Waals surface area contributed by atoms with Crippen molar-refractivity contribution in [1.82, 2.24) is 29.3 Å². The topological polar surface area (TPSA) is 112 Å². The zero-order valence-electron chi connectivity index (χ0n) is 23.4. The van der Waals surface area contributed by atoms with E-state index in [1.54, 1.807) is 39.8 Å². The lowest BCUT2D eigenvalue weighted by atomic mass is 9.84. The number of carbonyl (C=O) groups is 2. The number of likely N-dealkylation sites (tertiary alicyclic amines) is 1. The molecule has 16 heteroatoms. The number of pyridine rings is 1. The average Bonchev–Trinajstić information content (AvgIpc) is 3.53. The summed E-state index contributed by atoms with van der Waals surface area (Å²) in [4.78, 5) is 31.9. The maximum atomic E-state index is 13.7. The van der Waals surface area contributed by atoms with E-state index in [0.717, 1.165) is 17.7 Å². The van der Waals surface area contributed by atoms with E-state index in [4.69, 9.17) is 0 Å². The predicted molar refractivity (Wildman–Crippen MR) is 146 cm³/mol. The molecule has 1 saturated carbocycles. The molecule has 1 saturated heterocycles. The summed E-state index contributed by atoms with van der Waals surface area (Å²) in [5, 5.41) is 18.7. The van der Waals surface area contributed by atoms with Gasteiger partial charge in [0.2, 0.25) is 6.41 Å². The van der Waals surface area contributed by atoms with E-state index < -0.39 is 40.5 Å². The third-order valence-electron chi connectivity index (χ3n) is 8.27. The molecule has 2 amide bonds. The number of nitriles is 1. The van der Waals surface area contributed by atoms with Crippen LogP contribution in [0.15, 0.2) is 48.8 Å². The lowest BCUT2D eigenvalue weighted by molar-refractivity contribution is -0.143. The van der Waals surface area contributed by atoms with Crippen molar-refractivity contribution < 1.29 is 35.9 Å². The Balaban J connectivity index is 1.25. The molecule has 0 atom stereocenters. The first-order chi connectivity index (χ1) is 21.3. The first-order valence-corrected chi connectivity index (χ1v) is 13.9. The van der Waals surface area contributed by atoms with Gasteiger partial charge >= 0.3 is 12.4 Å². The summed E-state index contributed by atoms with van der Waals surface area (Å²) in [5.74, 6) is -0.779. The first kappa shape index (κ1) is 30.1. The number of amides is 2. The van der Waals surface area contributed by atoms with E-state index in [0.29, 0.717) is 35.4 Å². The number of anilines is 1. The fourth-order valence-electron chi connectivity index (χ4n) is 5.66. The average molecular weight is 631 g/mol. The SMILES string of the molecule is N#CCC1(n2cc(-c3cccc4nc(N(C=O)C5CC5)nn34)cn2)CCN(C(=O)c2ccc(C(F)(F)F)cc2C(F)(F)F)CC1. The molecule has 3 aromatic heterocycles. The van der Waals surface area contributed by atoms with Gasteiger partial charge in [-0.25, -0.2) is 4.52 Å². The highest BCUT2D eigenvalue weighted by Gasteiger charge is 2.43. The number of rotatable bonds is 7. The molecular weight excluding hydrogens is 606 g/mol.